The first-order valence-electron chi connectivity index (χ1n) is 10.9. The van der Waals surface area contributed by atoms with Crippen molar-refractivity contribution in [3.05, 3.63) is 83.4 Å². The van der Waals surface area contributed by atoms with Crippen molar-refractivity contribution in [3.8, 4) is 11.8 Å². The van der Waals surface area contributed by atoms with Gasteiger partial charge in [0.15, 0.2) is 0 Å². The molecule has 7 nitrogen and oxygen atoms in total. The van der Waals surface area contributed by atoms with E-state index in [2.05, 4.69) is 10.8 Å². The van der Waals surface area contributed by atoms with Crippen LogP contribution in [0.2, 0.25) is 0 Å². The highest BCUT2D eigenvalue weighted by molar-refractivity contribution is 7.92. The Hall–Kier alpha value is -3.83. The van der Waals surface area contributed by atoms with Crippen LogP contribution in [0.3, 0.4) is 0 Å². The number of aryl methyl sites for hydroxylation is 2. The van der Waals surface area contributed by atoms with Gasteiger partial charge in [0.25, 0.3) is 15.9 Å². The van der Waals surface area contributed by atoms with Crippen LogP contribution >= 0.6 is 0 Å². The molecule has 0 spiro atoms. The number of benzene rings is 3. The summed E-state index contributed by atoms with van der Waals surface area (Å²) in [6, 6.07) is 20.3. The largest absolute Gasteiger partial charge is 0.494 e. The summed E-state index contributed by atoms with van der Waals surface area (Å²) in [5.74, 6) is 0.405. The van der Waals surface area contributed by atoms with Gasteiger partial charge in [-0.05, 0) is 92.6 Å². The van der Waals surface area contributed by atoms with E-state index in [0.717, 1.165) is 11.1 Å². The first-order chi connectivity index (χ1) is 16.2. The number of nitriles is 1. The molecule has 34 heavy (non-hydrogen) atoms. The van der Waals surface area contributed by atoms with Gasteiger partial charge in [0, 0.05) is 23.5 Å². The van der Waals surface area contributed by atoms with Gasteiger partial charge in [0.2, 0.25) is 0 Å². The quantitative estimate of drug-likeness (QED) is 0.464. The van der Waals surface area contributed by atoms with Gasteiger partial charge in [-0.2, -0.15) is 5.26 Å². The molecule has 3 rings (SSSR count). The van der Waals surface area contributed by atoms with Crippen molar-refractivity contribution < 1.29 is 17.9 Å². The topological polar surface area (TPSA) is 99.5 Å². The first-order valence-corrected chi connectivity index (χ1v) is 12.4. The predicted octanol–water partition coefficient (Wildman–Crippen LogP) is 5.06. The third-order valence-corrected chi connectivity index (χ3v) is 6.70. The van der Waals surface area contributed by atoms with Gasteiger partial charge in [-0.3, -0.25) is 9.52 Å². The summed E-state index contributed by atoms with van der Waals surface area (Å²) < 4.78 is 33.5. The van der Waals surface area contributed by atoms with Crippen molar-refractivity contribution in [1.29, 1.82) is 5.26 Å². The molecule has 3 aromatic rings. The molecule has 0 heterocycles. The van der Waals surface area contributed by atoms with Crippen LogP contribution in [0.4, 0.5) is 11.4 Å². The third kappa shape index (κ3) is 5.94. The minimum atomic E-state index is -3.76. The van der Waals surface area contributed by atoms with Crippen molar-refractivity contribution in [3.63, 3.8) is 0 Å². The molecule has 0 bridgehead atoms. The lowest BCUT2D eigenvalue weighted by Crippen LogP contribution is -2.31. The van der Waals surface area contributed by atoms with Crippen molar-refractivity contribution in [1.82, 2.24) is 0 Å². The Kier molecular flexibility index (Phi) is 7.92. The maximum Gasteiger partial charge on any atom is 0.261 e. The second-order valence-corrected chi connectivity index (χ2v) is 9.40. The van der Waals surface area contributed by atoms with Crippen LogP contribution < -0.4 is 14.4 Å². The zero-order valence-corrected chi connectivity index (χ0v) is 20.2. The fourth-order valence-electron chi connectivity index (χ4n) is 3.33. The number of ether oxygens (including phenoxy) is 1. The molecule has 8 heteroatoms. The first kappa shape index (κ1) is 24.8. The molecule has 0 aliphatic carbocycles. The van der Waals surface area contributed by atoms with Gasteiger partial charge < -0.3 is 9.64 Å². The van der Waals surface area contributed by atoms with E-state index in [1.165, 1.54) is 4.90 Å². The number of sulfonamides is 1. The molecule has 1 N–H and O–H groups in total. The van der Waals surface area contributed by atoms with Gasteiger partial charge in [-0.15, -0.1) is 0 Å². The Bertz CT molecular complexity index is 1300. The molecule has 0 unspecified atom stereocenters. The third-order valence-electron chi connectivity index (χ3n) is 5.32. The minimum Gasteiger partial charge on any atom is -0.494 e. The van der Waals surface area contributed by atoms with Crippen molar-refractivity contribution >= 4 is 27.3 Å². The lowest BCUT2D eigenvalue weighted by molar-refractivity contribution is 0.0987. The Balaban J connectivity index is 1.80. The monoisotopic (exact) mass is 477 g/mol. The maximum atomic E-state index is 13.2. The summed E-state index contributed by atoms with van der Waals surface area (Å²) in [4.78, 5) is 14.9. The van der Waals surface area contributed by atoms with Crippen LogP contribution in [0.15, 0.2) is 71.6 Å². The van der Waals surface area contributed by atoms with E-state index in [1.54, 1.807) is 66.7 Å². The molecule has 0 saturated carbocycles. The zero-order chi connectivity index (χ0) is 24.7. The summed E-state index contributed by atoms with van der Waals surface area (Å²) in [5.41, 5.74) is 3.26. The standard InChI is InChI=1S/C26H27N3O4S/c1-4-33-24-13-11-23(12-14-24)29(17-5-16-27)26(30)21-7-9-22(10-8-21)28-34(31,32)25-15-6-19(2)20(3)18-25/h6-15,18,28H,4-5,17H2,1-3H3. The van der Waals surface area contributed by atoms with E-state index in [1.807, 2.05) is 20.8 Å². The van der Waals surface area contributed by atoms with Crippen LogP contribution in [0, 0.1) is 25.2 Å². The van der Waals surface area contributed by atoms with Crippen molar-refractivity contribution in [2.24, 2.45) is 0 Å². The average molecular weight is 478 g/mol. The lowest BCUT2D eigenvalue weighted by Gasteiger charge is -2.22. The number of amides is 1. The smallest absolute Gasteiger partial charge is 0.261 e. The summed E-state index contributed by atoms with van der Waals surface area (Å²) in [6.07, 6.45) is 0.173. The van der Waals surface area contributed by atoms with Gasteiger partial charge in [0.1, 0.15) is 5.75 Å². The Morgan fingerprint density at radius 2 is 1.68 bits per heavy atom. The van der Waals surface area contributed by atoms with Crippen LogP contribution in [0.1, 0.15) is 34.8 Å². The molecule has 0 aliphatic heterocycles. The van der Waals surface area contributed by atoms with Crippen LogP contribution in [-0.2, 0) is 10.0 Å². The van der Waals surface area contributed by atoms with Crippen LogP contribution in [0.5, 0.6) is 5.75 Å². The highest BCUT2D eigenvalue weighted by Crippen LogP contribution is 2.23. The van der Waals surface area contributed by atoms with E-state index in [9.17, 15) is 13.2 Å². The Morgan fingerprint density at radius 1 is 1.00 bits per heavy atom. The highest BCUT2D eigenvalue weighted by atomic mass is 32.2. The molecular formula is C26H27N3O4S. The minimum absolute atomic E-state index is 0.173. The molecular weight excluding hydrogens is 450 g/mol. The fourth-order valence-corrected chi connectivity index (χ4v) is 4.47. The number of nitrogens with zero attached hydrogens (tertiary/aromatic N) is 2. The molecule has 0 aliphatic rings. The number of hydrogen-bond donors (Lipinski definition) is 1. The maximum absolute atomic E-state index is 13.2. The number of hydrogen-bond acceptors (Lipinski definition) is 5. The zero-order valence-electron chi connectivity index (χ0n) is 19.4. The molecule has 1 amide bonds. The number of rotatable bonds is 9. The van der Waals surface area contributed by atoms with Gasteiger partial charge in [0.05, 0.1) is 24.0 Å². The second-order valence-electron chi connectivity index (χ2n) is 7.72. The molecule has 0 atom stereocenters. The lowest BCUT2D eigenvalue weighted by atomic mass is 10.1. The summed E-state index contributed by atoms with van der Waals surface area (Å²) >= 11 is 0. The number of carbonyl (C=O) groups excluding carboxylic acids is 1. The number of nitrogens with one attached hydrogen (secondary N) is 1. The summed E-state index contributed by atoms with van der Waals surface area (Å²) in [6.45, 7) is 6.43. The van der Waals surface area contributed by atoms with Gasteiger partial charge in [-0.1, -0.05) is 6.07 Å². The van der Waals surface area contributed by atoms with Crippen LogP contribution in [0.25, 0.3) is 0 Å². The fraction of sp³-hybridized carbons (Fsp3) is 0.231. The molecule has 0 fully saturated rings. The number of anilines is 2. The van der Waals surface area contributed by atoms with E-state index >= 15 is 0 Å². The SMILES string of the molecule is CCOc1ccc(N(CCC#N)C(=O)c2ccc(NS(=O)(=O)c3ccc(C)c(C)c3)cc2)cc1. The average Bonchev–Trinajstić information content (AvgIpc) is 2.82. The molecule has 3 aromatic carbocycles. The van der Waals surface area contributed by atoms with E-state index in [0.29, 0.717) is 29.3 Å². The highest BCUT2D eigenvalue weighted by Gasteiger charge is 2.19. The Morgan fingerprint density at radius 3 is 2.26 bits per heavy atom. The number of carbonyl (C=O) groups is 1. The summed E-state index contributed by atoms with van der Waals surface area (Å²) in [5, 5.41) is 9.03. The van der Waals surface area contributed by atoms with Crippen molar-refractivity contribution in [2.45, 2.75) is 32.1 Å². The summed E-state index contributed by atoms with van der Waals surface area (Å²) in [7, 11) is -3.76. The normalized spacial score (nSPS) is 10.9. The van der Waals surface area contributed by atoms with E-state index in [-0.39, 0.29) is 23.8 Å². The van der Waals surface area contributed by atoms with E-state index < -0.39 is 10.0 Å². The van der Waals surface area contributed by atoms with Gasteiger partial charge >= 0.3 is 0 Å². The molecule has 176 valence electrons. The van der Waals surface area contributed by atoms with Crippen molar-refractivity contribution in [2.75, 3.05) is 22.8 Å². The van der Waals surface area contributed by atoms with E-state index in [4.69, 9.17) is 10.00 Å². The van der Waals surface area contributed by atoms with Gasteiger partial charge in [-0.25, -0.2) is 8.42 Å². The van der Waals surface area contributed by atoms with Crippen LogP contribution in [-0.4, -0.2) is 27.5 Å². The predicted molar refractivity (Wildman–Crippen MR) is 133 cm³/mol. The Labute approximate surface area is 200 Å². The second kappa shape index (κ2) is 10.9. The molecule has 0 saturated heterocycles. The molecule has 0 radical (unpaired) electrons. The molecule has 0 aromatic heterocycles.